The summed E-state index contributed by atoms with van der Waals surface area (Å²) in [5, 5.41) is 3.87. The van der Waals surface area contributed by atoms with Gasteiger partial charge in [-0.05, 0) is 44.2 Å². The van der Waals surface area contributed by atoms with Gasteiger partial charge in [-0.3, -0.25) is 4.79 Å². The Morgan fingerprint density at radius 2 is 2.10 bits per heavy atom. The molecule has 2 saturated heterocycles. The lowest BCUT2D eigenvalue weighted by atomic mass is 10.1. The Hall–Kier alpha value is -3.48. The molecule has 40 heavy (non-hydrogen) atoms. The smallest absolute Gasteiger partial charge is 0.352 e. The number of fused-ring (bicyclic) bond motifs is 2. The summed E-state index contributed by atoms with van der Waals surface area (Å²) < 4.78 is 28.8. The second-order valence-corrected chi connectivity index (χ2v) is 13.2. The van der Waals surface area contributed by atoms with Gasteiger partial charge in [0.1, 0.15) is 11.2 Å². The summed E-state index contributed by atoms with van der Waals surface area (Å²) in [6.07, 6.45) is 6.17. The molecule has 5 heterocycles. The molecule has 3 aliphatic heterocycles. The summed E-state index contributed by atoms with van der Waals surface area (Å²) in [6, 6.07) is 6.44. The van der Waals surface area contributed by atoms with Crippen LogP contribution < -0.4 is 10.8 Å². The number of piperazine rings is 1. The number of aromatic nitrogens is 2. The number of hydrogen-bond donors (Lipinski definition) is 3. The Labute approximate surface area is 235 Å². The number of terminal acetylenes is 1. The van der Waals surface area contributed by atoms with Crippen molar-refractivity contribution in [3.05, 3.63) is 45.4 Å². The molecule has 6 rings (SSSR count). The van der Waals surface area contributed by atoms with Crippen molar-refractivity contribution in [3.63, 3.8) is 0 Å². The van der Waals surface area contributed by atoms with E-state index in [4.69, 9.17) is 11.3 Å². The molecule has 14 heteroatoms. The van der Waals surface area contributed by atoms with Crippen LogP contribution in [0.25, 0.3) is 10.9 Å². The van der Waals surface area contributed by atoms with E-state index in [0.29, 0.717) is 34.3 Å². The number of carbonyl (C=O) groups excluding carboxylic acids is 2. The highest BCUT2D eigenvalue weighted by molar-refractivity contribution is 7.89. The number of carbonyl (C=O) groups is 2. The minimum atomic E-state index is -3.89. The topological polar surface area (TPSA) is 140 Å². The molecule has 0 saturated carbocycles. The van der Waals surface area contributed by atoms with Crippen LogP contribution in [0.3, 0.4) is 0 Å². The van der Waals surface area contributed by atoms with Crippen molar-refractivity contribution in [2.24, 2.45) is 0 Å². The Balaban J connectivity index is 1.24. The zero-order valence-electron chi connectivity index (χ0n) is 21.8. The monoisotopic (exact) mass is 583 g/mol. The van der Waals surface area contributed by atoms with Gasteiger partial charge in [-0.25, -0.2) is 18.2 Å². The largest absolute Gasteiger partial charge is 0.427 e. The maximum atomic E-state index is 13.7. The van der Waals surface area contributed by atoms with Crippen LogP contribution in [0.2, 0.25) is 0 Å². The van der Waals surface area contributed by atoms with E-state index in [1.807, 2.05) is 7.05 Å². The zero-order valence-corrected chi connectivity index (χ0v) is 23.5. The highest BCUT2D eigenvalue weighted by Crippen LogP contribution is 2.29. The van der Waals surface area contributed by atoms with E-state index in [0.717, 1.165) is 30.1 Å². The first-order chi connectivity index (χ1) is 19.2. The van der Waals surface area contributed by atoms with E-state index in [9.17, 15) is 18.0 Å². The fourth-order valence-electron chi connectivity index (χ4n) is 5.39. The molecule has 2 fully saturated rings. The molecule has 2 atom stereocenters. The second kappa shape index (κ2) is 10.5. The first-order valence-corrected chi connectivity index (χ1v) is 15.3. The van der Waals surface area contributed by atoms with Crippen molar-refractivity contribution in [3.8, 4) is 12.3 Å². The number of hydrogen-bond acceptors (Lipinski definition) is 9. The zero-order chi connectivity index (χ0) is 28.0. The molecular weight excluding hydrogens is 554 g/mol. The van der Waals surface area contributed by atoms with E-state index in [2.05, 4.69) is 31.6 Å². The standard InChI is InChI=1S/C26H29N7O5S2/c1-3-16-4-6-19-17(12-16)13-23(27-19)40(36,37)32-10-11-33(18(14-32)5-7-22-29-26(35)38-30-22)25(34)24-28-20-8-9-31(2)15-21(20)39-24/h1,4,6,12-13,18,22,27,30H,5,7-11,14-15H2,2H3,(H,29,35). The predicted octanol–water partition coefficient (Wildman–Crippen LogP) is 1.46. The van der Waals surface area contributed by atoms with Crippen LogP contribution in [0.5, 0.6) is 0 Å². The van der Waals surface area contributed by atoms with Crippen LogP contribution >= 0.6 is 11.3 Å². The quantitative estimate of drug-likeness (QED) is 0.371. The first-order valence-electron chi connectivity index (χ1n) is 13.0. The number of H-pyrrole nitrogens is 1. The third-order valence-corrected chi connectivity index (χ3v) is 10.4. The third kappa shape index (κ3) is 5.06. The van der Waals surface area contributed by atoms with Crippen molar-refractivity contribution >= 4 is 44.3 Å². The summed E-state index contributed by atoms with van der Waals surface area (Å²) in [4.78, 5) is 42.6. The van der Waals surface area contributed by atoms with Crippen LogP contribution in [-0.4, -0.2) is 89.9 Å². The molecule has 3 N–H and O–H groups in total. The number of likely N-dealkylation sites (N-methyl/N-ethyl adjacent to an activating group) is 1. The summed E-state index contributed by atoms with van der Waals surface area (Å²) in [7, 11) is -1.84. The molecule has 2 amide bonds. The van der Waals surface area contributed by atoms with Crippen molar-refractivity contribution < 1.29 is 22.8 Å². The summed E-state index contributed by atoms with van der Waals surface area (Å²) in [5.41, 5.74) is 4.92. The second-order valence-electron chi connectivity index (χ2n) is 10.3. The van der Waals surface area contributed by atoms with Gasteiger partial charge >= 0.3 is 6.09 Å². The van der Waals surface area contributed by atoms with E-state index in [1.165, 1.54) is 15.6 Å². The predicted molar refractivity (Wildman–Crippen MR) is 148 cm³/mol. The molecular formula is C26H29N7O5S2. The summed E-state index contributed by atoms with van der Waals surface area (Å²) in [6.45, 7) is 2.12. The van der Waals surface area contributed by atoms with Crippen LogP contribution in [0, 0.1) is 12.3 Å². The van der Waals surface area contributed by atoms with Gasteiger partial charge in [0.15, 0.2) is 5.01 Å². The maximum Gasteiger partial charge on any atom is 0.427 e. The van der Waals surface area contributed by atoms with Crippen LogP contribution in [0.1, 0.15) is 38.8 Å². The lowest BCUT2D eigenvalue weighted by Gasteiger charge is -2.40. The minimum Gasteiger partial charge on any atom is -0.352 e. The lowest BCUT2D eigenvalue weighted by Crippen LogP contribution is -2.56. The number of sulfonamides is 1. The van der Waals surface area contributed by atoms with Crippen LogP contribution in [0.4, 0.5) is 4.79 Å². The Morgan fingerprint density at radius 3 is 2.88 bits per heavy atom. The number of thiazole rings is 1. The molecule has 2 unspecified atom stereocenters. The van der Waals surface area contributed by atoms with Crippen molar-refractivity contribution in [2.45, 2.75) is 43.0 Å². The molecule has 3 aliphatic rings. The third-order valence-electron chi connectivity index (χ3n) is 7.57. The fraction of sp³-hybridized carbons (Fsp3) is 0.423. The molecule has 3 aromatic rings. The van der Waals surface area contributed by atoms with E-state index in [1.54, 1.807) is 29.2 Å². The van der Waals surface area contributed by atoms with Crippen molar-refractivity contribution in [1.82, 2.24) is 34.9 Å². The van der Waals surface area contributed by atoms with Crippen LogP contribution in [0.15, 0.2) is 29.3 Å². The first kappa shape index (κ1) is 26.7. The Morgan fingerprint density at radius 1 is 1.25 bits per heavy atom. The number of rotatable bonds is 6. The maximum absolute atomic E-state index is 13.7. The fourth-order valence-corrected chi connectivity index (χ4v) is 8.01. The number of nitrogens with one attached hydrogen (secondary N) is 3. The van der Waals surface area contributed by atoms with Crippen LogP contribution in [-0.2, 0) is 27.8 Å². The lowest BCUT2D eigenvalue weighted by molar-refractivity contribution is 0.0534. The highest BCUT2D eigenvalue weighted by atomic mass is 32.2. The SMILES string of the molecule is C#Cc1ccc2[nH]c(S(=O)(=O)N3CCN(C(=O)c4nc5c(s4)CN(C)CC5)C(CCC4NOC(=O)N4)C3)cc2c1. The van der Waals surface area contributed by atoms with Gasteiger partial charge in [0.25, 0.3) is 15.9 Å². The Kier molecular flexibility index (Phi) is 7.01. The molecule has 210 valence electrons. The molecule has 0 bridgehead atoms. The molecule has 0 spiro atoms. The normalized spacial score (nSPS) is 22.1. The molecule has 12 nitrogen and oxygen atoms in total. The average Bonchev–Trinajstić information content (AvgIpc) is 3.68. The van der Waals surface area contributed by atoms with Gasteiger partial charge < -0.3 is 24.9 Å². The molecule has 0 radical (unpaired) electrons. The van der Waals surface area contributed by atoms with Gasteiger partial charge in [-0.2, -0.15) is 4.31 Å². The summed E-state index contributed by atoms with van der Waals surface area (Å²) >= 11 is 1.41. The Bertz CT molecular complexity index is 1630. The molecule has 1 aromatic carbocycles. The van der Waals surface area contributed by atoms with Gasteiger partial charge in [0, 0.05) is 66.5 Å². The number of nitrogens with zero attached hydrogens (tertiary/aromatic N) is 4. The van der Waals surface area contributed by atoms with Gasteiger partial charge in [-0.15, -0.1) is 23.2 Å². The number of amides is 2. The van der Waals surface area contributed by atoms with Gasteiger partial charge in [0.2, 0.25) is 0 Å². The molecule has 2 aromatic heterocycles. The van der Waals surface area contributed by atoms with Crippen molar-refractivity contribution in [1.29, 1.82) is 0 Å². The number of aromatic amines is 1. The van der Waals surface area contributed by atoms with Crippen molar-refractivity contribution in [2.75, 3.05) is 33.2 Å². The van der Waals surface area contributed by atoms with E-state index in [-0.39, 0.29) is 30.6 Å². The van der Waals surface area contributed by atoms with E-state index >= 15 is 0 Å². The van der Waals surface area contributed by atoms with Gasteiger partial charge in [-0.1, -0.05) is 5.92 Å². The van der Waals surface area contributed by atoms with Gasteiger partial charge in [0.05, 0.1) is 5.69 Å². The molecule has 0 aliphatic carbocycles. The highest BCUT2D eigenvalue weighted by Gasteiger charge is 2.39. The number of benzene rings is 1. The van der Waals surface area contributed by atoms with E-state index < -0.39 is 28.3 Å². The average molecular weight is 584 g/mol. The minimum absolute atomic E-state index is 0.0741. The summed E-state index contributed by atoms with van der Waals surface area (Å²) in [5.74, 6) is 2.37. The number of hydroxylamine groups is 1.